The molecule has 0 bridgehead atoms. The van der Waals surface area contributed by atoms with E-state index in [1.54, 1.807) is 30.3 Å². The first-order valence-corrected chi connectivity index (χ1v) is 11.0. The van der Waals surface area contributed by atoms with E-state index < -0.39 is 0 Å². The lowest BCUT2D eigenvalue weighted by Gasteiger charge is -2.13. The Kier molecular flexibility index (Phi) is 7.52. The fourth-order valence-electron chi connectivity index (χ4n) is 2.65. The van der Waals surface area contributed by atoms with Crippen molar-refractivity contribution >= 4 is 68.1 Å². The zero-order chi connectivity index (χ0) is 21.8. The van der Waals surface area contributed by atoms with Crippen molar-refractivity contribution < 1.29 is 19.1 Å². The Balaban J connectivity index is 1.83. The largest absolute Gasteiger partial charge is 0.493 e. The normalized spacial score (nSPS) is 15.1. The molecule has 9 heteroatoms. The van der Waals surface area contributed by atoms with Crippen LogP contribution in [0.2, 0.25) is 10.0 Å². The molecule has 0 saturated carbocycles. The van der Waals surface area contributed by atoms with Crippen molar-refractivity contribution in [3.63, 3.8) is 0 Å². The monoisotopic (exact) mass is 527 g/mol. The number of rotatable bonds is 7. The molecule has 5 nitrogen and oxygen atoms in total. The highest BCUT2D eigenvalue weighted by Gasteiger charge is 2.34. The molecule has 30 heavy (non-hydrogen) atoms. The Morgan fingerprint density at radius 1 is 1.17 bits per heavy atom. The molecular weight excluding hydrogens is 513 g/mol. The molecule has 156 valence electrons. The summed E-state index contributed by atoms with van der Waals surface area (Å²) in [7, 11) is 1.52. The molecule has 0 radical (unpaired) electrons. The molecule has 0 atom stereocenters. The molecule has 2 amide bonds. The molecule has 0 unspecified atom stereocenters. The zero-order valence-corrected chi connectivity index (χ0v) is 19.7. The maximum absolute atomic E-state index is 12.4. The van der Waals surface area contributed by atoms with Gasteiger partial charge < -0.3 is 9.47 Å². The third-order valence-electron chi connectivity index (χ3n) is 4.13. The average Bonchev–Trinajstić information content (AvgIpc) is 2.98. The molecule has 1 fully saturated rings. The van der Waals surface area contributed by atoms with Crippen LogP contribution in [0.1, 0.15) is 11.1 Å². The van der Waals surface area contributed by atoms with Crippen LogP contribution >= 0.6 is 50.9 Å². The molecule has 1 aliphatic rings. The van der Waals surface area contributed by atoms with E-state index in [4.69, 9.17) is 32.7 Å². The van der Waals surface area contributed by atoms with Crippen LogP contribution in [0.3, 0.4) is 0 Å². The van der Waals surface area contributed by atoms with Gasteiger partial charge in [-0.3, -0.25) is 14.5 Å². The van der Waals surface area contributed by atoms with Gasteiger partial charge >= 0.3 is 0 Å². The minimum atomic E-state index is -0.351. The van der Waals surface area contributed by atoms with Crippen LogP contribution in [0.25, 0.3) is 6.08 Å². The van der Waals surface area contributed by atoms with E-state index in [1.807, 2.05) is 6.07 Å². The lowest BCUT2D eigenvalue weighted by Crippen LogP contribution is -2.27. The van der Waals surface area contributed by atoms with Gasteiger partial charge in [0.25, 0.3) is 11.1 Å². The first-order valence-electron chi connectivity index (χ1n) is 8.64. The standard InChI is InChI=1S/C21H16BrCl2NO4S/c1-3-6-25-20(26)19(30-21(25)27)9-13-8-17(28-2)18(10-14(13)22)29-11-12-4-5-15(23)16(24)7-12/h3-5,7-10H,1,6,11H2,2H3/b19-9+. The number of hydrogen-bond acceptors (Lipinski definition) is 5. The van der Waals surface area contributed by atoms with Crippen LogP contribution in [-0.2, 0) is 11.4 Å². The van der Waals surface area contributed by atoms with Crippen LogP contribution < -0.4 is 9.47 Å². The third kappa shape index (κ3) is 5.03. The third-order valence-corrected chi connectivity index (χ3v) is 6.47. The van der Waals surface area contributed by atoms with Gasteiger partial charge in [-0.05, 0) is 53.2 Å². The second-order valence-corrected chi connectivity index (χ2v) is 8.80. The number of nitrogens with zero attached hydrogens (tertiary/aromatic N) is 1. The van der Waals surface area contributed by atoms with E-state index in [0.717, 1.165) is 22.2 Å². The van der Waals surface area contributed by atoms with Gasteiger partial charge in [0.2, 0.25) is 0 Å². The Hall–Kier alpha value is -1.93. The Labute approximate surface area is 196 Å². The molecular formula is C21H16BrCl2NO4S. The minimum Gasteiger partial charge on any atom is -0.493 e. The predicted octanol–water partition coefficient (Wildman–Crippen LogP) is 6.57. The summed E-state index contributed by atoms with van der Waals surface area (Å²) in [6.45, 7) is 4.01. The summed E-state index contributed by atoms with van der Waals surface area (Å²) in [5.74, 6) is 0.637. The number of carbonyl (C=O) groups is 2. The fourth-order valence-corrected chi connectivity index (χ4v) is 4.25. The van der Waals surface area contributed by atoms with E-state index in [0.29, 0.717) is 36.5 Å². The van der Waals surface area contributed by atoms with Gasteiger partial charge in [-0.2, -0.15) is 0 Å². The van der Waals surface area contributed by atoms with Crippen molar-refractivity contribution in [1.82, 2.24) is 4.90 Å². The summed E-state index contributed by atoms with van der Waals surface area (Å²) in [6.07, 6.45) is 3.15. The topological polar surface area (TPSA) is 55.8 Å². The Bertz CT molecular complexity index is 1060. The van der Waals surface area contributed by atoms with E-state index in [1.165, 1.54) is 13.2 Å². The summed E-state index contributed by atoms with van der Waals surface area (Å²) in [6, 6.07) is 8.74. The molecule has 0 N–H and O–H groups in total. The van der Waals surface area contributed by atoms with Crippen molar-refractivity contribution in [3.8, 4) is 11.5 Å². The number of amides is 2. The predicted molar refractivity (Wildman–Crippen MR) is 124 cm³/mol. The number of imide groups is 1. The SMILES string of the molecule is C=CCN1C(=O)S/C(=C/c2cc(OC)c(OCc3ccc(Cl)c(Cl)c3)cc2Br)C1=O. The maximum atomic E-state index is 12.4. The lowest BCUT2D eigenvalue weighted by atomic mass is 10.1. The van der Waals surface area contributed by atoms with Gasteiger partial charge in [0.1, 0.15) is 6.61 Å². The number of methoxy groups -OCH3 is 1. The summed E-state index contributed by atoms with van der Waals surface area (Å²) >= 11 is 16.4. The molecule has 2 aromatic rings. The molecule has 0 aromatic heterocycles. The molecule has 1 heterocycles. The quantitative estimate of drug-likeness (QED) is 0.300. The number of ether oxygens (including phenoxy) is 2. The number of benzene rings is 2. The minimum absolute atomic E-state index is 0.175. The zero-order valence-electron chi connectivity index (χ0n) is 15.8. The fraction of sp³-hybridized carbons (Fsp3) is 0.143. The van der Waals surface area contributed by atoms with Gasteiger partial charge in [0.05, 0.1) is 22.1 Å². The van der Waals surface area contributed by atoms with E-state index in [2.05, 4.69) is 22.5 Å². The van der Waals surface area contributed by atoms with Crippen LogP contribution in [-0.4, -0.2) is 29.7 Å². The highest BCUT2D eigenvalue weighted by molar-refractivity contribution is 9.10. The van der Waals surface area contributed by atoms with Gasteiger partial charge in [0.15, 0.2) is 11.5 Å². The van der Waals surface area contributed by atoms with Crippen LogP contribution in [0.15, 0.2) is 52.4 Å². The van der Waals surface area contributed by atoms with E-state index in [-0.39, 0.29) is 24.3 Å². The average molecular weight is 529 g/mol. The first kappa shape index (κ1) is 22.7. The summed E-state index contributed by atoms with van der Waals surface area (Å²) < 4.78 is 12.0. The molecule has 1 saturated heterocycles. The summed E-state index contributed by atoms with van der Waals surface area (Å²) in [5, 5.41) is 0.602. The molecule has 1 aliphatic heterocycles. The van der Waals surface area contributed by atoms with Crippen molar-refractivity contribution in [3.05, 3.63) is 73.5 Å². The number of halogens is 3. The first-order chi connectivity index (χ1) is 14.3. The molecule has 3 rings (SSSR count). The summed E-state index contributed by atoms with van der Waals surface area (Å²) in [5.41, 5.74) is 1.53. The van der Waals surface area contributed by atoms with Gasteiger partial charge in [0, 0.05) is 11.0 Å². The Morgan fingerprint density at radius 3 is 2.60 bits per heavy atom. The molecule has 0 aliphatic carbocycles. The van der Waals surface area contributed by atoms with E-state index in [9.17, 15) is 9.59 Å². The van der Waals surface area contributed by atoms with Crippen LogP contribution in [0.4, 0.5) is 4.79 Å². The number of thioether (sulfide) groups is 1. The Morgan fingerprint density at radius 2 is 1.93 bits per heavy atom. The van der Waals surface area contributed by atoms with Crippen molar-refractivity contribution in [2.24, 2.45) is 0 Å². The smallest absolute Gasteiger partial charge is 0.293 e. The molecule has 0 spiro atoms. The van der Waals surface area contributed by atoms with Gasteiger partial charge in [-0.15, -0.1) is 6.58 Å². The van der Waals surface area contributed by atoms with Gasteiger partial charge in [-0.25, -0.2) is 0 Å². The number of carbonyl (C=O) groups excluding carboxylic acids is 2. The lowest BCUT2D eigenvalue weighted by molar-refractivity contribution is -0.122. The van der Waals surface area contributed by atoms with Crippen molar-refractivity contribution in [2.45, 2.75) is 6.61 Å². The second kappa shape index (κ2) is 9.92. The van der Waals surface area contributed by atoms with Gasteiger partial charge in [-0.1, -0.05) is 51.3 Å². The van der Waals surface area contributed by atoms with Crippen molar-refractivity contribution in [1.29, 1.82) is 0 Å². The second-order valence-electron chi connectivity index (χ2n) is 6.14. The van der Waals surface area contributed by atoms with Crippen molar-refractivity contribution in [2.75, 3.05) is 13.7 Å². The summed E-state index contributed by atoms with van der Waals surface area (Å²) in [4.78, 5) is 25.9. The highest BCUT2D eigenvalue weighted by Crippen LogP contribution is 2.38. The van der Waals surface area contributed by atoms with Crippen LogP contribution in [0.5, 0.6) is 11.5 Å². The van der Waals surface area contributed by atoms with Crippen LogP contribution in [0, 0.1) is 0 Å². The molecule has 2 aromatic carbocycles. The number of hydrogen-bond donors (Lipinski definition) is 0. The highest BCUT2D eigenvalue weighted by atomic mass is 79.9. The maximum Gasteiger partial charge on any atom is 0.293 e. The van der Waals surface area contributed by atoms with E-state index >= 15 is 0 Å².